The molecule has 0 aromatic heterocycles. The van der Waals surface area contributed by atoms with Crippen LogP contribution in [0.15, 0.2) is 24.3 Å². The van der Waals surface area contributed by atoms with Crippen molar-refractivity contribution < 1.29 is 4.74 Å². The molecule has 0 saturated carbocycles. The van der Waals surface area contributed by atoms with Gasteiger partial charge in [-0.2, -0.15) is 0 Å². The highest BCUT2D eigenvalue weighted by atomic mass is 35.5. The van der Waals surface area contributed by atoms with Crippen LogP contribution in [0.3, 0.4) is 0 Å². The van der Waals surface area contributed by atoms with Crippen LogP contribution in [0, 0.1) is 0 Å². The maximum absolute atomic E-state index is 5.66. The van der Waals surface area contributed by atoms with Gasteiger partial charge in [0, 0.05) is 12.4 Å². The van der Waals surface area contributed by atoms with Crippen LogP contribution < -0.4 is 4.74 Å². The third-order valence-electron chi connectivity index (χ3n) is 2.63. The summed E-state index contributed by atoms with van der Waals surface area (Å²) < 4.78 is 5.32. The highest BCUT2D eigenvalue weighted by Gasteiger charge is 2.03. The Morgan fingerprint density at radius 3 is 2.69 bits per heavy atom. The molecule has 0 heterocycles. The van der Waals surface area contributed by atoms with Gasteiger partial charge in [0.05, 0.1) is 7.11 Å². The minimum absolute atomic E-state index is 0.735. The van der Waals surface area contributed by atoms with Crippen molar-refractivity contribution in [1.29, 1.82) is 0 Å². The number of ether oxygens (including phenoxy) is 1. The molecule has 0 aliphatic carbocycles. The van der Waals surface area contributed by atoms with Gasteiger partial charge < -0.3 is 9.64 Å². The van der Waals surface area contributed by atoms with Crippen molar-refractivity contribution in [3.63, 3.8) is 0 Å². The molecule has 16 heavy (non-hydrogen) atoms. The van der Waals surface area contributed by atoms with E-state index in [0.717, 1.165) is 37.6 Å². The number of likely N-dealkylation sites (N-methyl/N-ethyl adjacent to an activating group) is 1. The molecule has 0 fully saturated rings. The van der Waals surface area contributed by atoms with Gasteiger partial charge in [0.25, 0.3) is 0 Å². The SMILES string of the molecule is COc1ccccc1CCN(C)CCCCl. The standard InChI is InChI=1S/C13H20ClNO/c1-15(10-5-9-14)11-8-12-6-3-4-7-13(12)16-2/h3-4,6-7H,5,8-11H2,1-2H3. The molecule has 0 radical (unpaired) electrons. The summed E-state index contributed by atoms with van der Waals surface area (Å²) in [5.41, 5.74) is 1.27. The maximum atomic E-state index is 5.66. The van der Waals surface area contributed by atoms with Gasteiger partial charge in [-0.3, -0.25) is 0 Å². The van der Waals surface area contributed by atoms with Crippen LogP contribution in [0.25, 0.3) is 0 Å². The normalized spacial score (nSPS) is 10.8. The van der Waals surface area contributed by atoms with Crippen LogP contribution in [0.2, 0.25) is 0 Å². The largest absolute Gasteiger partial charge is 0.496 e. The molecule has 90 valence electrons. The third-order valence-corrected chi connectivity index (χ3v) is 2.90. The summed E-state index contributed by atoms with van der Waals surface area (Å²) in [5.74, 6) is 1.71. The van der Waals surface area contributed by atoms with E-state index in [-0.39, 0.29) is 0 Å². The zero-order chi connectivity index (χ0) is 11.8. The zero-order valence-electron chi connectivity index (χ0n) is 10.1. The van der Waals surface area contributed by atoms with E-state index in [4.69, 9.17) is 16.3 Å². The van der Waals surface area contributed by atoms with Gasteiger partial charge in [0.15, 0.2) is 0 Å². The van der Waals surface area contributed by atoms with Gasteiger partial charge in [0.1, 0.15) is 5.75 Å². The topological polar surface area (TPSA) is 12.5 Å². The average molecular weight is 242 g/mol. The van der Waals surface area contributed by atoms with Crippen LogP contribution in [0.5, 0.6) is 5.75 Å². The fourth-order valence-electron chi connectivity index (χ4n) is 1.66. The van der Waals surface area contributed by atoms with Crippen LogP contribution in [-0.4, -0.2) is 38.0 Å². The Hall–Kier alpha value is -0.730. The molecule has 0 aliphatic heterocycles. The molecule has 1 aromatic rings. The Labute approximate surface area is 103 Å². The lowest BCUT2D eigenvalue weighted by Gasteiger charge is -2.16. The van der Waals surface area contributed by atoms with Gasteiger partial charge in [-0.05, 0) is 38.1 Å². The molecule has 0 saturated heterocycles. The summed E-state index contributed by atoms with van der Waals surface area (Å²) in [6.45, 7) is 2.09. The predicted molar refractivity (Wildman–Crippen MR) is 69.5 cm³/mol. The van der Waals surface area contributed by atoms with Gasteiger partial charge in [-0.15, -0.1) is 11.6 Å². The minimum atomic E-state index is 0.735. The number of rotatable bonds is 7. The van der Waals surface area contributed by atoms with Crippen LogP contribution in [0.4, 0.5) is 0 Å². The van der Waals surface area contributed by atoms with E-state index < -0.39 is 0 Å². The number of hydrogen-bond donors (Lipinski definition) is 0. The van der Waals surface area contributed by atoms with E-state index in [1.165, 1.54) is 5.56 Å². The summed E-state index contributed by atoms with van der Waals surface area (Å²) in [6.07, 6.45) is 2.06. The number of alkyl halides is 1. The Morgan fingerprint density at radius 2 is 2.00 bits per heavy atom. The molecule has 0 unspecified atom stereocenters. The van der Waals surface area contributed by atoms with E-state index >= 15 is 0 Å². The molecule has 2 nitrogen and oxygen atoms in total. The van der Waals surface area contributed by atoms with Crippen molar-refractivity contribution in [2.75, 3.05) is 33.1 Å². The lowest BCUT2D eigenvalue weighted by molar-refractivity contribution is 0.336. The molecular formula is C13H20ClNO. The molecule has 3 heteroatoms. The second-order valence-corrected chi connectivity index (χ2v) is 4.29. The van der Waals surface area contributed by atoms with E-state index in [1.807, 2.05) is 12.1 Å². The molecule has 0 atom stereocenters. The molecule has 0 amide bonds. The van der Waals surface area contributed by atoms with Crippen LogP contribution >= 0.6 is 11.6 Å². The second-order valence-electron chi connectivity index (χ2n) is 3.91. The highest BCUT2D eigenvalue weighted by Crippen LogP contribution is 2.17. The van der Waals surface area contributed by atoms with Crippen molar-refractivity contribution in [2.45, 2.75) is 12.8 Å². The summed E-state index contributed by atoms with van der Waals surface area (Å²) in [4.78, 5) is 2.30. The Balaban J connectivity index is 2.41. The van der Waals surface area contributed by atoms with Crippen LogP contribution in [0.1, 0.15) is 12.0 Å². The lowest BCUT2D eigenvalue weighted by atomic mass is 10.1. The zero-order valence-corrected chi connectivity index (χ0v) is 10.8. The van der Waals surface area contributed by atoms with E-state index in [0.29, 0.717) is 0 Å². The first-order chi connectivity index (χ1) is 7.77. The monoisotopic (exact) mass is 241 g/mol. The van der Waals surface area contributed by atoms with Crippen molar-refractivity contribution >= 4 is 11.6 Å². The number of methoxy groups -OCH3 is 1. The average Bonchev–Trinajstić information content (AvgIpc) is 2.34. The number of hydrogen-bond acceptors (Lipinski definition) is 2. The molecule has 1 aromatic carbocycles. The number of para-hydroxylation sites is 1. The first kappa shape index (κ1) is 13.3. The molecule has 0 spiro atoms. The summed E-state index contributed by atoms with van der Waals surface area (Å²) in [6, 6.07) is 8.18. The Kier molecular flexibility index (Phi) is 6.27. The molecular weight excluding hydrogens is 222 g/mol. The maximum Gasteiger partial charge on any atom is 0.122 e. The molecule has 1 rings (SSSR count). The molecule has 0 aliphatic rings. The van der Waals surface area contributed by atoms with Gasteiger partial charge in [-0.1, -0.05) is 18.2 Å². The first-order valence-corrected chi connectivity index (χ1v) is 6.17. The Morgan fingerprint density at radius 1 is 1.25 bits per heavy atom. The summed E-state index contributed by atoms with van der Waals surface area (Å²) in [7, 11) is 3.85. The van der Waals surface area contributed by atoms with Crippen molar-refractivity contribution in [1.82, 2.24) is 4.90 Å². The molecule has 0 bridgehead atoms. The Bertz CT molecular complexity index is 304. The summed E-state index contributed by atoms with van der Waals surface area (Å²) in [5, 5.41) is 0. The molecule has 0 N–H and O–H groups in total. The van der Waals surface area contributed by atoms with E-state index in [9.17, 15) is 0 Å². The number of benzene rings is 1. The van der Waals surface area contributed by atoms with E-state index in [2.05, 4.69) is 24.1 Å². The predicted octanol–water partition coefficient (Wildman–Crippen LogP) is 2.80. The highest BCUT2D eigenvalue weighted by molar-refractivity contribution is 6.17. The first-order valence-electron chi connectivity index (χ1n) is 5.64. The number of halogens is 1. The van der Waals surface area contributed by atoms with Gasteiger partial charge >= 0.3 is 0 Å². The fourth-order valence-corrected chi connectivity index (χ4v) is 1.78. The van der Waals surface area contributed by atoms with Crippen molar-refractivity contribution in [2.24, 2.45) is 0 Å². The van der Waals surface area contributed by atoms with E-state index in [1.54, 1.807) is 7.11 Å². The quantitative estimate of drug-likeness (QED) is 0.681. The second kappa shape index (κ2) is 7.53. The third kappa shape index (κ3) is 4.42. The van der Waals surface area contributed by atoms with Crippen molar-refractivity contribution in [3.8, 4) is 5.75 Å². The van der Waals surface area contributed by atoms with Crippen molar-refractivity contribution in [3.05, 3.63) is 29.8 Å². The minimum Gasteiger partial charge on any atom is -0.496 e. The smallest absolute Gasteiger partial charge is 0.122 e. The van der Waals surface area contributed by atoms with Crippen LogP contribution in [-0.2, 0) is 6.42 Å². The van der Waals surface area contributed by atoms with Gasteiger partial charge in [-0.25, -0.2) is 0 Å². The fraction of sp³-hybridized carbons (Fsp3) is 0.538. The number of nitrogens with zero attached hydrogens (tertiary/aromatic N) is 1. The summed E-state index contributed by atoms with van der Waals surface area (Å²) >= 11 is 5.66. The van der Waals surface area contributed by atoms with Gasteiger partial charge in [0.2, 0.25) is 0 Å². The lowest BCUT2D eigenvalue weighted by Crippen LogP contribution is -2.22.